The molecule has 29 heavy (non-hydrogen) atoms. The lowest BCUT2D eigenvalue weighted by Crippen LogP contribution is -2.35. The third kappa shape index (κ3) is 4.33. The summed E-state index contributed by atoms with van der Waals surface area (Å²) in [4.78, 5) is 21.2. The molecule has 0 unspecified atom stereocenters. The molecular formula is C21H29N5O3. The molecular weight excluding hydrogens is 370 g/mol. The summed E-state index contributed by atoms with van der Waals surface area (Å²) >= 11 is 0. The van der Waals surface area contributed by atoms with E-state index in [0.29, 0.717) is 29.4 Å². The molecule has 0 aliphatic heterocycles. The summed E-state index contributed by atoms with van der Waals surface area (Å²) in [6.45, 7) is 2.73. The number of anilines is 1. The van der Waals surface area contributed by atoms with Gasteiger partial charge in [-0.25, -0.2) is 9.97 Å². The number of carbonyl (C=O) groups excluding carboxylic acids is 1. The molecule has 2 aliphatic rings. The normalized spacial score (nSPS) is 27.8. The second-order valence-electron chi connectivity index (χ2n) is 8.49. The summed E-state index contributed by atoms with van der Waals surface area (Å²) in [6.07, 6.45) is 9.89. The molecule has 0 saturated heterocycles. The van der Waals surface area contributed by atoms with Crippen LogP contribution in [0.3, 0.4) is 0 Å². The maximum absolute atomic E-state index is 13.0. The minimum absolute atomic E-state index is 0.0287. The van der Waals surface area contributed by atoms with Gasteiger partial charge in [-0.3, -0.25) is 9.48 Å². The number of aliphatic hydroxyl groups excluding tert-OH is 2. The molecule has 3 N–H and O–H groups in total. The highest BCUT2D eigenvalue weighted by molar-refractivity contribution is 6.10. The molecule has 2 fully saturated rings. The Kier molecular flexibility index (Phi) is 5.91. The first kappa shape index (κ1) is 20.0. The van der Waals surface area contributed by atoms with E-state index in [4.69, 9.17) is 0 Å². The first-order valence-corrected chi connectivity index (χ1v) is 10.5. The Hall–Kier alpha value is -2.32. The summed E-state index contributed by atoms with van der Waals surface area (Å²) in [5.74, 6) is 0.703. The number of hydrogen-bond acceptors (Lipinski definition) is 7. The number of hydrogen-bond donors (Lipinski definition) is 3. The van der Waals surface area contributed by atoms with Crippen LogP contribution in [0.1, 0.15) is 61.5 Å². The predicted molar refractivity (Wildman–Crippen MR) is 107 cm³/mol. The van der Waals surface area contributed by atoms with Crippen molar-refractivity contribution in [1.29, 1.82) is 0 Å². The van der Waals surface area contributed by atoms with Crippen LogP contribution in [0.5, 0.6) is 0 Å². The first-order chi connectivity index (χ1) is 14.0. The average molecular weight is 399 g/mol. The molecule has 0 bridgehead atoms. The summed E-state index contributed by atoms with van der Waals surface area (Å²) in [5, 5.41) is 27.9. The van der Waals surface area contributed by atoms with Crippen LogP contribution in [0.4, 0.5) is 5.82 Å². The third-order valence-electron chi connectivity index (χ3n) is 6.29. The molecule has 8 heteroatoms. The predicted octanol–water partition coefficient (Wildman–Crippen LogP) is 2.03. The smallest absolute Gasteiger partial charge is 0.218 e. The second kappa shape index (κ2) is 8.59. The largest absolute Gasteiger partial charge is 0.390 e. The van der Waals surface area contributed by atoms with E-state index in [0.717, 1.165) is 6.54 Å². The lowest BCUT2D eigenvalue weighted by molar-refractivity contribution is 0.0210. The number of nitrogens with zero attached hydrogens (tertiary/aromatic N) is 4. The molecule has 2 aromatic rings. The molecule has 8 nitrogen and oxygen atoms in total. The Morgan fingerprint density at radius 3 is 2.76 bits per heavy atom. The minimum Gasteiger partial charge on any atom is -0.390 e. The van der Waals surface area contributed by atoms with Gasteiger partial charge >= 0.3 is 0 Å². The van der Waals surface area contributed by atoms with Crippen molar-refractivity contribution in [3.63, 3.8) is 0 Å². The topological polar surface area (TPSA) is 113 Å². The van der Waals surface area contributed by atoms with E-state index in [1.807, 2.05) is 17.8 Å². The molecule has 0 aromatic carbocycles. The van der Waals surface area contributed by atoms with Crippen molar-refractivity contribution < 1.29 is 15.0 Å². The van der Waals surface area contributed by atoms with Gasteiger partial charge in [-0.2, -0.15) is 5.10 Å². The van der Waals surface area contributed by atoms with Gasteiger partial charge in [0.05, 0.1) is 17.7 Å². The van der Waals surface area contributed by atoms with Crippen molar-refractivity contribution in [2.24, 2.45) is 11.8 Å². The van der Waals surface area contributed by atoms with Gasteiger partial charge in [-0.15, -0.1) is 0 Å². The standard InChI is InChI=1S/C21H29N5O3/c1-13-9-17(20(29)18(13)27)24-21-15(10-22-12-23-21)19(28)16-7-8-26(25-16)11-14-5-3-2-4-6-14/h7-8,10,12-14,17-18,20,27,29H,2-6,9,11H2,1H3,(H,22,23,24)/t13-,17-,18-,20+/m1/s1. The zero-order valence-electron chi connectivity index (χ0n) is 16.7. The number of aliphatic hydroxyl groups is 2. The van der Waals surface area contributed by atoms with Crippen LogP contribution in [-0.2, 0) is 6.54 Å². The number of aromatic nitrogens is 4. The summed E-state index contributed by atoms with van der Waals surface area (Å²) in [5.41, 5.74) is 0.677. The SMILES string of the molecule is C[C@@H]1C[C@@H](Nc2ncncc2C(=O)c2ccn(CC3CCCCC3)n2)[C@H](O)[C@@H]1O. The quantitative estimate of drug-likeness (QED) is 0.637. The lowest BCUT2D eigenvalue weighted by atomic mass is 9.89. The van der Waals surface area contributed by atoms with E-state index in [2.05, 4.69) is 20.4 Å². The van der Waals surface area contributed by atoms with Crippen molar-refractivity contribution in [2.75, 3.05) is 5.32 Å². The highest BCUT2D eigenvalue weighted by Crippen LogP contribution is 2.29. The zero-order valence-corrected chi connectivity index (χ0v) is 16.7. The third-order valence-corrected chi connectivity index (χ3v) is 6.29. The van der Waals surface area contributed by atoms with Crippen LogP contribution < -0.4 is 5.32 Å². The monoisotopic (exact) mass is 399 g/mol. The van der Waals surface area contributed by atoms with Gasteiger partial charge in [0.1, 0.15) is 23.9 Å². The number of rotatable bonds is 6. The fraction of sp³-hybridized carbons (Fsp3) is 0.619. The first-order valence-electron chi connectivity index (χ1n) is 10.5. The Morgan fingerprint density at radius 1 is 1.24 bits per heavy atom. The van der Waals surface area contributed by atoms with E-state index >= 15 is 0 Å². The Balaban J connectivity index is 1.48. The molecule has 4 rings (SSSR count). The Morgan fingerprint density at radius 2 is 2.03 bits per heavy atom. The van der Waals surface area contributed by atoms with Crippen molar-refractivity contribution in [2.45, 2.75) is 70.2 Å². The van der Waals surface area contributed by atoms with E-state index < -0.39 is 12.2 Å². The summed E-state index contributed by atoms with van der Waals surface area (Å²) in [7, 11) is 0. The van der Waals surface area contributed by atoms with Gasteiger partial charge in [0.15, 0.2) is 0 Å². The number of nitrogens with one attached hydrogen (secondary N) is 1. The molecule has 156 valence electrons. The highest BCUT2D eigenvalue weighted by Gasteiger charge is 2.39. The fourth-order valence-electron chi connectivity index (χ4n) is 4.54. The molecule has 2 aliphatic carbocycles. The fourth-order valence-corrected chi connectivity index (χ4v) is 4.54. The molecule has 0 spiro atoms. The Labute approximate surface area is 170 Å². The van der Waals surface area contributed by atoms with E-state index in [1.165, 1.54) is 44.6 Å². The van der Waals surface area contributed by atoms with Crippen molar-refractivity contribution in [3.8, 4) is 0 Å². The van der Waals surface area contributed by atoms with E-state index in [1.54, 1.807) is 6.07 Å². The van der Waals surface area contributed by atoms with E-state index in [-0.39, 0.29) is 17.7 Å². The van der Waals surface area contributed by atoms with Gasteiger partial charge in [0.2, 0.25) is 5.78 Å². The molecule has 4 atom stereocenters. The molecule has 0 radical (unpaired) electrons. The van der Waals surface area contributed by atoms with Crippen molar-refractivity contribution >= 4 is 11.6 Å². The van der Waals surface area contributed by atoms with Crippen molar-refractivity contribution in [3.05, 3.63) is 36.0 Å². The summed E-state index contributed by atoms with van der Waals surface area (Å²) in [6, 6.07) is 1.36. The average Bonchev–Trinajstić information content (AvgIpc) is 3.29. The second-order valence-corrected chi connectivity index (χ2v) is 8.49. The van der Waals surface area contributed by atoms with Gasteiger partial charge in [0, 0.05) is 18.9 Å². The minimum atomic E-state index is -0.905. The molecule has 2 heterocycles. The van der Waals surface area contributed by atoms with Gasteiger partial charge in [-0.05, 0) is 37.2 Å². The Bertz CT molecular complexity index is 848. The molecule has 2 saturated carbocycles. The number of ketones is 1. The van der Waals surface area contributed by atoms with Gasteiger partial charge in [-0.1, -0.05) is 26.2 Å². The maximum atomic E-state index is 13.0. The zero-order chi connectivity index (χ0) is 20.4. The van der Waals surface area contributed by atoms with Crippen LogP contribution in [0.2, 0.25) is 0 Å². The molecule has 0 amide bonds. The maximum Gasteiger partial charge on any atom is 0.218 e. The molecule has 2 aromatic heterocycles. The van der Waals surface area contributed by atoms with Crippen LogP contribution in [0, 0.1) is 11.8 Å². The van der Waals surface area contributed by atoms with Crippen LogP contribution in [0.25, 0.3) is 0 Å². The highest BCUT2D eigenvalue weighted by atomic mass is 16.3. The van der Waals surface area contributed by atoms with Crippen LogP contribution in [-0.4, -0.2) is 54.0 Å². The number of carbonyl (C=O) groups is 1. The van der Waals surface area contributed by atoms with Gasteiger partial charge < -0.3 is 15.5 Å². The summed E-state index contributed by atoms with van der Waals surface area (Å²) < 4.78 is 1.86. The van der Waals surface area contributed by atoms with E-state index in [9.17, 15) is 15.0 Å². The van der Waals surface area contributed by atoms with Gasteiger partial charge in [0.25, 0.3) is 0 Å². The van der Waals surface area contributed by atoms with Crippen LogP contribution in [0.15, 0.2) is 24.8 Å². The lowest BCUT2D eigenvalue weighted by Gasteiger charge is -2.21. The van der Waals surface area contributed by atoms with Crippen LogP contribution >= 0.6 is 0 Å². The van der Waals surface area contributed by atoms with Crippen molar-refractivity contribution in [1.82, 2.24) is 19.7 Å².